The van der Waals surface area contributed by atoms with Crippen molar-refractivity contribution in [3.05, 3.63) is 48.3 Å². The van der Waals surface area contributed by atoms with Gasteiger partial charge in [0.2, 0.25) is 10.0 Å². The molecule has 1 aromatic heterocycles. The van der Waals surface area contributed by atoms with Gasteiger partial charge in [-0.05, 0) is 23.8 Å². The smallest absolute Gasteiger partial charge is 0.243 e. The summed E-state index contributed by atoms with van der Waals surface area (Å²) in [5.41, 5.74) is 1.13. The van der Waals surface area contributed by atoms with E-state index in [9.17, 15) is 8.42 Å². The fraction of sp³-hybridized carbons (Fsp3) is 0.389. The van der Waals surface area contributed by atoms with Crippen LogP contribution in [0, 0.1) is 0 Å². The Bertz CT molecular complexity index is 865. The van der Waals surface area contributed by atoms with E-state index in [0.717, 1.165) is 12.1 Å². The third kappa shape index (κ3) is 3.53. The number of ether oxygens (including phenoxy) is 2. The summed E-state index contributed by atoms with van der Waals surface area (Å²) in [5, 5.41) is 0. The minimum absolute atomic E-state index is 0.252. The lowest BCUT2D eigenvalue weighted by Gasteiger charge is -2.34. The fourth-order valence-corrected chi connectivity index (χ4v) is 4.65. The van der Waals surface area contributed by atoms with Crippen LogP contribution in [-0.2, 0) is 16.6 Å². The summed E-state index contributed by atoms with van der Waals surface area (Å²) in [6, 6.07) is 8.76. The number of hydrogen-bond acceptors (Lipinski definition) is 6. The minimum Gasteiger partial charge on any atom is -0.486 e. The summed E-state index contributed by atoms with van der Waals surface area (Å²) in [7, 11) is -3.53. The number of rotatable bonds is 4. The number of pyridine rings is 1. The number of fused-ring (bicyclic) bond motifs is 1. The second-order valence-electron chi connectivity index (χ2n) is 6.35. The van der Waals surface area contributed by atoms with E-state index < -0.39 is 10.0 Å². The topological polar surface area (TPSA) is 72.0 Å². The van der Waals surface area contributed by atoms with E-state index in [1.54, 1.807) is 24.4 Å². The molecule has 0 amide bonds. The van der Waals surface area contributed by atoms with Crippen molar-refractivity contribution in [3.63, 3.8) is 0 Å². The average molecular weight is 375 g/mol. The van der Waals surface area contributed by atoms with Crippen molar-refractivity contribution >= 4 is 10.0 Å². The molecular weight excluding hydrogens is 354 g/mol. The summed E-state index contributed by atoms with van der Waals surface area (Å²) in [6.45, 7) is 4.03. The second kappa shape index (κ2) is 7.22. The number of piperazine rings is 1. The normalized spacial score (nSPS) is 18.6. The van der Waals surface area contributed by atoms with E-state index in [0.29, 0.717) is 50.9 Å². The molecule has 0 atom stereocenters. The summed E-state index contributed by atoms with van der Waals surface area (Å²) < 4.78 is 38.4. The van der Waals surface area contributed by atoms with E-state index in [2.05, 4.69) is 9.88 Å². The van der Waals surface area contributed by atoms with Crippen molar-refractivity contribution in [2.24, 2.45) is 0 Å². The van der Waals surface area contributed by atoms with E-state index >= 15 is 0 Å². The van der Waals surface area contributed by atoms with Crippen LogP contribution in [0.4, 0.5) is 0 Å². The highest BCUT2D eigenvalue weighted by atomic mass is 32.2. The molecule has 0 spiro atoms. The molecule has 2 aliphatic heterocycles. The van der Waals surface area contributed by atoms with Crippen LogP contribution in [0.2, 0.25) is 0 Å². The van der Waals surface area contributed by atoms with Crippen molar-refractivity contribution in [1.29, 1.82) is 0 Å². The van der Waals surface area contributed by atoms with Crippen molar-refractivity contribution in [2.45, 2.75) is 11.4 Å². The van der Waals surface area contributed by atoms with Gasteiger partial charge in [-0.15, -0.1) is 0 Å². The molecule has 4 rings (SSSR count). The van der Waals surface area contributed by atoms with Crippen LogP contribution in [0.5, 0.6) is 11.5 Å². The zero-order chi connectivity index (χ0) is 18.0. The highest BCUT2D eigenvalue weighted by Crippen LogP contribution is 2.33. The van der Waals surface area contributed by atoms with Crippen LogP contribution in [0.25, 0.3) is 0 Å². The first-order valence-electron chi connectivity index (χ1n) is 8.64. The Morgan fingerprint density at radius 3 is 2.50 bits per heavy atom. The molecule has 0 unspecified atom stereocenters. The number of benzene rings is 1. The summed E-state index contributed by atoms with van der Waals surface area (Å²) in [5.74, 6) is 1.09. The monoisotopic (exact) mass is 375 g/mol. The third-order valence-corrected chi connectivity index (χ3v) is 6.51. The number of nitrogens with zero attached hydrogens (tertiary/aromatic N) is 3. The van der Waals surface area contributed by atoms with E-state index in [4.69, 9.17) is 9.47 Å². The predicted octanol–water partition coefficient (Wildman–Crippen LogP) is 1.36. The van der Waals surface area contributed by atoms with E-state index in [1.807, 2.05) is 18.3 Å². The van der Waals surface area contributed by atoms with Gasteiger partial charge in [-0.1, -0.05) is 6.07 Å². The third-order valence-electron chi connectivity index (χ3n) is 4.61. The molecule has 1 aromatic carbocycles. The Labute approximate surface area is 153 Å². The predicted molar refractivity (Wildman–Crippen MR) is 95.7 cm³/mol. The molecule has 26 heavy (non-hydrogen) atoms. The molecule has 0 saturated carbocycles. The van der Waals surface area contributed by atoms with Crippen molar-refractivity contribution in [1.82, 2.24) is 14.2 Å². The van der Waals surface area contributed by atoms with Crippen LogP contribution in [0.1, 0.15) is 5.56 Å². The minimum atomic E-state index is -3.53. The molecule has 2 aliphatic rings. The Morgan fingerprint density at radius 1 is 1.00 bits per heavy atom. The molecule has 1 fully saturated rings. The summed E-state index contributed by atoms with van der Waals surface area (Å²) in [4.78, 5) is 6.62. The Balaban J connectivity index is 1.43. The Kier molecular flexibility index (Phi) is 4.80. The molecule has 7 nitrogen and oxygen atoms in total. The molecule has 138 valence electrons. The van der Waals surface area contributed by atoms with Crippen molar-refractivity contribution in [2.75, 3.05) is 39.4 Å². The average Bonchev–Trinajstić information content (AvgIpc) is 2.69. The van der Waals surface area contributed by atoms with Gasteiger partial charge in [0.1, 0.15) is 13.2 Å². The summed E-state index contributed by atoms with van der Waals surface area (Å²) in [6.07, 6.45) is 3.60. The highest BCUT2D eigenvalue weighted by molar-refractivity contribution is 7.89. The van der Waals surface area contributed by atoms with Crippen LogP contribution in [0.3, 0.4) is 0 Å². The largest absolute Gasteiger partial charge is 0.486 e. The van der Waals surface area contributed by atoms with Gasteiger partial charge in [-0.25, -0.2) is 8.42 Å². The lowest BCUT2D eigenvalue weighted by atomic mass is 10.2. The van der Waals surface area contributed by atoms with Gasteiger partial charge < -0.3 is 9.47 Å². The highest BCUT2D eigenvalue weighted by Gasteiger charge is 2.29. The lowest BCUT2D eigenvalue weighted by molar-refractivity contribution is 0.170. The van der Waals surface area contributed by atoms with Gasteiger partial charge >= 0.3 is 0 Å². The first kappa shape index (κ1) is 17.3. The van der Waals surface area contributed by atoms with Crippen LogP contribution >= 0.6 is 0 Å². The fourth-order valence-electron chi connectivity index (χ4n) is 3.21. The van der Waals surface area contributed by atoms with E-state index in [1.165, 1.54) is 4.31 Å². The van der Waals surface area contributed by atoms with Gasteiger partial charge in [0.25, 0.3) is 0 Å². The zero-order valence-corrected chi connectivity index (χ0v) is 15.2. The standard InChI is InChI=1S/C18H21N3O4S/c22-26(23,16-3-4-17-18(12-16)25-11-10-24-17)21-8-6-20(7-9-21)14-15-2-1-5-19-13-15/h1-5,12-13H,6-11,14H2. The van der Waals surface area contributed by atoms with Crippen molar-refractivity contribution in [3.8, 4) is 11.5 Å². The Morgan fingerprint density at radius 2 is 1.77 bits per heavy atom. The zero-order valence-electron chi connectivity index (χ0n) is 14.4. The maximum Gasteiger partial charge on any atom is 0.243 e. The van der Waals surface area contributed by atoms with Crippen LogP contribution in [0.15, 0.2) is 47.6 Å². The van der Waals surface area contributed by atoms with Gasteiger partial charge in [-0.2, -0.15) is 4.31 Å². The maximum absolute atomic E-state index is 12.9. The van der Waals surface area contributed by atoms with E-state index in [-0.39, 0.29) is 4.90 Å². The molecule has 8 heteroatoms. The van der Waals surface area contributed by atoms with Gasteiger partial charge in [0.15, 0.2) is 11.5 Å². The maximum atomic E-state index is 12.9. The Hall–Kier alpha value is -2.16. The molecule has 3 heterocycles. The van der Waals surface area contributed by atoms with Crippen LogP contribution < -0.4 is 9.47 Å². The number of aromatic nitrogens is 1. The molecule has 2 aromatic rings. The quantitative estimate of drug-likeness (QED) is 0.804. The van der Waals surface area contributed by atoms with Gasteiger partial charge in [0, 0.05) is 51.2 Å². The second-order valence-corrected chi connectivity index (χ2v) is 8.28. The first-order chi connectivity index (χ1) is 12.6. The molecule has 0 radical (unpaired) electrons. The van der Waals surface area contributed by atoms with Crippen LogP contribution in [-0.4, -0.2) is 62.0 Å². The van der Waals surface area contributed by atoms with Gasteiger partial charge in [0.05, 0.1) is 4.90 Å². The number of hydrogen-bond donors (Lipinski definition) is 0. The molecule has 0 bridgehead atoms. The van der Waals surface area contributed by atoms with Crippen molar-refractivity contribution < 1.29 is 17.9 Å². The first-order valence-corrected chi connectivity index (χ1v) is 10.1. The lowest BCUT2D eigenvalue weighted by Crippen LogP contribution is -2.48. The molecular formula is C18H21N3O4S. The molecule has 1 saturated heterocycles. The van der Waals surface area contributed by atoms with Gasteiger partial charge in [-0.3, -0.25) is 9.88 Å². The summed E-state index contributed by atoms with van der Waals surface area (Å²) >= 11 is 0. The molecule has 0 N–H and O–H groups in total. The number of sulfonamides is 1. The SMILES string of the molecule is O=S(=O)(c1ccc2c(c1)OCCO2)N1CCN(Cc2cccnc2)CC1. The molecule has 0 aliphatic carbocycles.